The summed E-state index contributed by atoms with van der Waals surface area (Å²) in [5.41, 5.74) is 4.08. The number of fused-ring (bicyclic) bond motifs is 1. The number of aromatic carboxylic acids is 1. The first-order valence-corrected chi connectivity index (χ1v) is 12.5. The van der Waals surface area contributed by atoms with Crippen molar-refractivity contribution in [3.8, 4) is 22.4 Å². The maximum atomic E-state index is 12.3. The third-order valence-corrected chi connectivity index (χ3v) is 7.46. The molecule has 1 fully saturated rings. The van der Waals surface area contributed by atoms with Crippen LogP contribution < -0.4 is 0 Å². The van der Waals surface area contributed by atoms with Crippen molar-refractivity contribution in [3.63, 3.8) is 0 Å². The number of nitrogens with zero attached hydrogens (tertiary/aromatic N) is 3. The van der Waals surface area contributed by atoms with Gasteiger partial charge in [-0.25, -0.2) is 14.8 Å². The molecule has 0 radical (unpaired) electrons. The van der Waals surface area contributed by atoms with E-state index in [1.807, 2.05) is 67.6 Å². The highest BCUT2D eigenvalue weighted by molar-refractivity contribution is 7.21. The summed E-state index contributed by atoms with van der Waals surface area (Å²) in [6.07, 6.45) is 3.47. The van der Waals surface area contributed by atoms with Crippen LogP contribution in [0.1, 0.15) is 35.9 Å². The topological polar surface area (TPSA) is 65.8 Å². The fourth-order valence-corrected chi connectivity index (χ4v) is 5.50. The van der Waals surface area contributed by atoms with Crippen LogP contribution >= 0.6 is 22.9 Å². The molecule has 0 amide bonds. The quantitative estimate of drug-likeness (QED) is 0.238. The van der Waals surface area contributed by atoms with Crippen molar-refractivity contribution in [3.05, 3.63) is 70.6 Å². The Morgan fingerprint density at radius 2 is 1.74 bits per heavy atom. The third-order valence-electron chi connectivity index (χ3n) is 6.14. The molecule has 1 aliphatic heterocycles. The van der Waals surface area contributed by atoms with Gasteiger partial charge in [-0.15, -0.1) is 11.3 Å². The van der Waals surface area contributed by atoms with Gasteiger partial charge in [0.2, 0.25) is 0 Å². The summed E-state index contributed by atoms with van der Waals surface area (Å²) in [7, 11) is 0. The number of carbonyl (C=O) groups is 1. The first kappa shape index (κ1) is 22.6. The van der Waals surface area contributed by atoms with Gasteiger partial charge in [-0.05, 0) is 55.5 Å². The number of aliphatic imine (C=N–C) groups is 1. The summed E-state index contributed by atoms with van der Waals surface area (Å²) in [5.74, 6) is -0.146. The molecule has 1 N–H and O–H groups in total. The number of thiophene rings is 1. The van der Waals surface area contributed by atoms with Crippen LogP contribution in [0.3, 0.4) is 0 Å². The van der Waals surface area contributed by atoms with Gasteiger partial charge in [0.25, 0.3) is 0 Å². The second-order valence-electron chi connectivity index (χ2n) is 8.40. The molecular weight excluding hydrogens is 466 g/mol. The molecule has 4 aromatic rings. The van der Waals surface area contributed by atoms with Crippen molar-refractivity contribution in [1.29, 1.82) is 0 Å². The fourth-order valence-electron chi connectivity index (χ4n) is 4.40. The van der Waals surface area contributed by atoms with Gasteiger partial charge in [-0.1, -0.05) is 54.1 Å². The number of carboxylic acid groups (broad SMARTS) is 1. The second-order valence-corrected chi connectivity index (χ2v) is 9.84. The van der Waals surface area contributed by atoms with E-state index in [4.69, 9.17) is 21.6 Å². The van der Waals surface area contributed by atoms with Crippen LogP contribution in [0.25, 0.3) is 32.6 Å². The first-order chi connectivity index (χ1) is 16.5. The van der Waals surface area contributed by atoms with Gasteiger partial charge in [0.15, 0.2) is 0 Å². The predicted octanol–water partition coefficient (Wildman–Crippen LogP) is 7.52. The van der Waals surface area contributed by atoms with Gasteiger partial charge in [0.05, 0.1) is 5.69 Å². The minimum absolute atomic E-state index is 0.208. The summed E-state index contributed by atoms with van der Waals surface area (Å²) < 4.78 is 0. The molecule has 5 nitrogen and oxygen atoms in total. The van der Waals surface area contributed by atoms with Crippen LogP contribution in [0.4, 0.5) is 5.69 Å². The average molecular weight is 490 g/mol. The van der Waals surface area contributed by atoms with Crippen LogP contribution in [0.15, 0.2) is 65.7 Å². The lowest BCUT2D eigenvalue weighted by molar-refractivity contribution is 0.0703. The van der Waals surface area contributed by atoms with Crippen molar-refractivity contribution in [2.24, 2.45) is 4.99 Å². The number of benzene rings is 2. The Balaban J connectivity index is 1.78. The SMILES string of the molecule is CC(=Nc1c(C(=O)O)sc2nc(-c3ccccc3)cc(-c3ccc(Cl)cc3)c12)N1CCCCC1. The monoisotopic (exact) mass is 489 g/mol. The summed E-state index contributed by atoms with van der Waals surface area (Å²) in [6, 6.07) is 19.5. The van der Waals surface area contributed by atoms with Crippen LogP contribution in [0.2, 0.25) is 5.02 Å². The Bertz CT molecular complexity index is 1370. The van der Waals surface area contributed by atoms with E-state index in [1.165, 1.54) is 17.8 Å². The lowest BCUT2D eigenvalue weighted by Crippen LogP contribution is -2.33. The molecule has 5 rings (SSSR count). The number of aromatic nitrogens is 1. The molecule has 172 valence electrons. The molecule has 1 saturated heterocycles. The molecule has 0 saturated carbocycles. The van der Waals surface area contributed by atoms with E-state index in [-0.39, 0.29) is 4.88 Å². The third kappa shape index (κ3) is 4.43. The zero-order chi connectivity index (χ0) is 23.7. The van der Waals surface area contributed by atoms with E-state index in [2.05, 4.69) is 4.90 Å². The molecular formula is C27H24ClN3O2S. The zero-order valence-electron chi connectivity index (χ0n) is 18.8. The van der Waals surface area contributed by atoms with Crippen LogP contribution in [-0.4, -0.2) is 39.9 Å². The Labute approximate surface area is 207 Å². The number of hydrogen-bond donors (Lipinski definition) is 1. The van der Waals surface area contributed by atoms with Gasteiger partial charge >= 0.3 is 5.97 Å². The van der Waals surface area contributed by atoms with E-state index in [0.29, 0.717) is 15.5 Å². The highest BCUT2D eigenvalue weighted by Crippen LogP contribution is 2.44. The van der Waals surface area contributed by atoms with Crippen molar-refractivity contribution in [2.75, 3.05) is 13.1 Å². The standard InChI is InChI=1S/C27H24ClN3O2S/c1-17(31-14-6-3-7-15-31)29-24-23-21(18-10-12-20(28)13-11-18)16-22(19-8-4-2-5-9-19)30-26(23)34-25(24)27(32)33/h2,4-5,8-13,16H,3,6-7,14-15H2,1H3,(H,32,33). The number of pyridine rings is 1. The minimum Gasteiger partial charge on any atom is -0.477 e. The van der Waals surface area contributed by atoms with E-state index >= 15 is 0 Å². The molecule has 2 aromatic carbocycles. The summed E-state index contributed by atoms with van der Waals surface area (Å²) in [6.45, 7) is 3.86. The van der Waals surface area contributed by atoms with Crippen molar-refractivity contribution in [1.82, 2.24) is 9.88 Å². The Hall–Kier alpha value is -3.22. The normalized spacial score (nSPS) is 14.5. The molecule has 0 aliphatic carbocycles. The van der Waals surface area contributed by atoms with Gasteiger partial charge in [0.1, 0.15) is 21.2 Å². The number of amidine groups is 1. The van der Waals surface area contributed by atoms with Crippen molar-refractivity contribution >= 4 is 50.6 Å². The van der Waals surface area contributed by atoms with Crippen LogP contribution in [0.5, 0.6) is 0 Å². The van der Waals surface area contributed by atoms with Crippen molar-refractivity contribution < 1.29 is 9.90 Å². The van der Waals surface area contributed by atoms with Gasteiger partial charge < -0.3 is 10.0 Å². The Morgan fingerprint density at radius 1 is 1.03 bits per heavy atom. The molecule has 2 aromatic heterocycles. The Morgan fingerprint density at radius 3 is 2.41 bits per heavy atom. The molecule has 0 unspecified atom stereocenters. The minimum atomic E-state index is -0.989. The molecule has 0 atom stereocenters. The van der Waals surface area contributed by atoms with E-state index < -0.39 is 5.97 Å². The largest absolute Gasteiger partial charge is 0.477 e. The van der Waals surface area contributed by atoms with Crippen LogP contribution in [-0.2, 0) is 0 Å². The van der Waals surface area contributed by atoms with Gasteiger partial charge in [-0.2, -0.15) is 0 Å². The molecule has 3 heterocycles. The maximum absolute atomic E-state index is 12.3. The molecule has 1 aliphatic rings. The highest BCUT2D eigenvalue weighted by atomic mass is 35.5. The summed E-state index contributed by atoms with van der Waals surface area (Å²) in [4.78, 5) is 25.2. The van der Waals surface area contributed by atoms with E-state index in [9.17, 15) is 9.90 Å². The molecule has 34 heavy (non-hydrogen) atoms. The molecule has 7 heteroatoms. The zero-order valence-corrected chi connectivity index (χ0v) is 20.4. The predicted molar refractivity (Wildman–Crippen MR) is 141 cm³/mol. The van der Waals surface area contributed by atoms with Gasteiger partial charge in [0, 0.05) is 29.1 Å². The fraction of sp³-hybridized carbons (Fsp3) is 0.222. The first-order valence-electron chi connectivity index (χ1n) is 11.3. The summed E-state index contributed by atoms with van der Waals surface area (Å²) >= 11 is 7.34. The lowest BCUT2D eigenvalue weighted by Gasteiger charge is -2.28. The average Bonchev–Trinajstić information content (AvgIpc) is 3.23. The molecule has 0 spiro atoms. The number of halogens is 1. The molecule has 0 bridgehead atoms. The van der Waals surface area contributed by atoms with Crippen molar-refractivity contribution in [2.45, 2.75) is 26.2 Å². The number of piperidine rings is 1. The smallest absolute Gasteiger partial charge is 0.348 e. The lowest BCUT2D eigenvalue weighted by atomic mass is 9.99. The summed E-state index contributed by atoms with van der Waals surface area (Å²) in [5, 5.41) is 11.5. The number of rotatable bonds is 4. The van der Waals surface area contributed by atoms with Gasteiger partial charge in [-0.3, -0.25) is 0 Å². The van der Waals surface area contributed by atoms with Crippen LogP contribution in [0, 0.1) is 0 Å². The highest BCUT2D eigenvalue weighted by Gasteiger charge is 2.24. The van der Waals surface area contributed by atoms with E-state index in [0.717, 1.165) is 59.5 Å². The Kier molecular flexibility index (Phi) is 6.35. The second kappa shape index (κ2) is 9.57. The maximum Gasteiger partial charge on any atom is 0.348 e. The number of hydrogen-bond acceptors (Lipinski definition) is 4. The van der Waals surface area contributed by atoms with E-state index in [1.54, 1.807) is 0 Å². The number of likely N-dealkylation sites (tertiary alicyclic amines) is 1. The number of carboxylic acids is 1.